The van der Waals surface area contributed by atoms with Crippen LogP contribution in [-0.4, -0.2) is 70.1 Å². The van der Waals surface area contributed by atoms with Gasteiger partial charge in [0.15, 0.2) is 11.5 Å². The maximum Gasteiger partial charge on any atom is 0.243 e. The number of para-hydroxylation sites is 1. The number of sulfonamides is 1. The molecule has 1 saturated heterocycles. The summed E-state index contributed by atoms with van der Waals surface area (Å²) in [4.78, 5) is 7.05. The van der Waals surface area contributed by atoms with Crippen molar-refractivity contribution in [3.8, 4) is 28.7 Å². The summed E-state index contributed by atoms with van der Waals surface area (Å²) in [5.41, 5.74) is 1.63. The van der Waals surface area contributed by atoms with Crippen molar-refractivity contribution >= 4 is 10.0 Å². The van der Waals surface area contributed by atoms with E-state index in [2.05, 4.69) is 9.88 Å². The number of methoxy groups -OCH3 is 3. The van der Waals surface area contributed by atoms with Crippen molar-refractivity contribution in [2.45, 2.75) is 18.4 Å². The molecule has 0 N–H and O–H groups in total. The molecule has 1 aliphatic rings. The van der Waals surface area contributed by atoms with E-state index in [1.807, 2.05) is 31.2 Å². The minimum atomic E-state index is -3.64. The lowest BCUT2D eigenvalue weighted by Crippen LogP contribution is -2.48. The van der Waals surface area contributed by atoms with Crippen molar-refractivity contribution in [2.24, 2.45) is 0 Å². The molecule has 0 bridgehead atoms. The third-order valence-electron chi connectivity index (χ3n) is 5.93. The zero-order chi connectivity index (χ0) is 24.3. The highest BCUT2D eigenvalue weighted by atomic mass is 32.2. The SMILES string of the molecule is COc1ccc(S(=O)(=O)N2CCN(Cc3nc(-c4ccccc4OC)oc3C)CC2)cc1OC. The first-order valence-electron chi connectivity index (χ1n) is 10.9. The topological polar surface area (TPSA) is 94.3 Å². The Labute approximate surface area is 199 Å². The molecule has 2 aromatic carbocycles. The molecule has 9 nitrogen and oxygen atoms in total. The van der Waals surface area contributed by atoms with Crippen LogP contribution >= 0.6 is 0 Å². The minimum Gasteiger partial charge on any atom is -0.496 e. The van der Waals surface area contributed by atoms with Crippen molar-refractivity contribution in [1.82, 2.24) is 14.2 Å². The Morgan fingerprint density at radius 2 is 1.59 bits per heavy atom. The van der Waals surface area contributed by atoms with Crippen LogP contribution in [0.1, 0.15) is 11.5 Å². The Bertz CT molecular complexity index is 1250. The summed E-state index contributed by atoms with van der Waals surface area (Å²) in [6.45, 7) is 4.40. The average molecular weight is 488 g/mol. The number of rotatable bonds is 8. The molecule has 0 radical (unpaired) electrons. The summed E-state index contributed by atoms with van der Waals surface area (Å²) in [6, 6.07) is 12.2. The fourth-order valence-electron chi connectivity index (χ4n) is 3.98. The van der Waals surface area contributed by atoms with Crippen LogP contribution in [0, 0.1) is 6.92 Å². The first-order chi connectivity index (χ1) is 16.4. The number of benzene rings is 2. The van der Waals surface area contributed by atoms with Crippen molar-refractivity contribution < 1.29 is 27.0 Å². The van der Waals surface area contributed by atoms with Gasteiger partial charge >= 0.3 is 0 Å². The molecule has 1 fully saturated rings. The van der Waals surface area contributed by atoms with Crippen LogP contribution in [0.3, 0.4) is 0 Å². The van der Waals surface area contributed by atoms with Gasteiger partial charge in [-0.1, -0.05) is 12.1 Å². The second-order valence-electron chi connectivity index (χ2n) is 7.92. The van der Waals surface area contributed by atoms with E-state index in [1.54, 1.807) is 19.2 Å². The van der Waals surface area contributed by atoms with Crippen molar-refractivity contribution in [1.29, 1.82) is 0 Å². The molecular formula is C24H29N3O6S. The Morgan fingerprint density at radius 1 is 0.912 bits per heavy atom. The number of hydrogen-bond acceptors (Lipinski definition) is 8. The van der Waals surface area contributed by atoms with E-state index in [4.69, 9.17) is 18.6 Å². The van der Waals surface area contributed by atoms with Crippen LogP contribution < -0.4 is 14.2 Å². The zero-order valence-corrected chi connectivity index (χ0v) is 20.6. The van der Waals surface area contributed by atoms with E-state index in [0.717, 1.165) is 17.0 Å². The smallest absolute Gasteiger partial charge is 0.243 e. The maximum absolute atomic E-state index is 13.2. The van der Waals surface area contributed by atoms with Crippen molar-refractivity contribution in [3.63, 3.8) is 0 Å². The normalized spacial score (nSPS) is 15.3. The molecule has 182 valence electrons. The van der Waals surface area contributed by atoms with E-state index in [1.165, 1.54) is 24.6 Å². The van der Waals surface area contributed by atoms with E-state index in [-0.39, 0.29) is 4.90 Å². The van der Waals surface area contributed by atoms with Gasteiger partial charge in [-0.3, -0.25) is 4.90 Å². The fourth-order valence-corrected chi connectivity index (χ4v) is 5.42. The van der Waals surface area contributed by atoms with Gasteiger partial charge in [-0.2, -0.15) is 4.31 Å². The maximum atomic E-state index is 13.2. The van der Waals surface area contributed by atoms with Gasteiger partial charge in [-0.05, 0) is 31.2 Å². The highest BCUT2D eigenvalue weighted by molar-refractivity contribution is 7.89. The predicted molar refractivity (Wildman–Crippen MR) is 127 cm³/mol. The fraction of sp³-hybridized carbons (Fsp3) is 0.375. The van der Waals surface area contributed by atoms with Crippen LogP contribution in [0.15, 0.2) is 51.8 Å². The Hall–Kier alpha value is -3.08. The van der Waals surface area contributed by atoms with Crippen LogP contribution in [0.25, 0.3) is 11.5 Å². The molecule has 0 spiro atoms. The molecule has 0 amide bonds. The summed E-state index contributed by atoms with van der Waals surface area (Å²) in [5, 5.41) is 0. The van der Waals surface area contributed by atoms with Gasteiger partial charge in [-0.15, -0.1) is 0 Å². The third-order valence-corrected chi connectivity index (χ3v) is 7.82. The summed E-state index contributed by atoms with van der Waals surface area (Å²) in [7, 11) is 0.975. The van der Waals surface area contributed by atoms with Gasteiger partial charge in [0.05, 0.1) is 37.5 Å². The van der Waals surface area contributed by atoms with E-state index >= 15 is 0 Å². The second-order valence-corrected chi connectivity index (χ2v) is 9.86. The Kier molecular flexibility index (Phi) is 7.11. The quantitative estimate of drug-likeness (QED) is 0.478. The molecule has 0 aliphatic carbocycles. The molecule has 1 aromatic heterocycles. The van der Waals surface area contributed by atoms with Gasteiger partial charge in [0.1, 0.15) is 11.5 Å². The first-order valence-corrected chi connectivity index (χ1v) is 12.4. The van der Waals surface area contributed by atoms with Gasteiger partial charge in [-0.25, -0.2) is 13.4 Å². The highest BCUT2D eigenvalue weighted by Gasteiger charge is 2.30. The minimum absolute atomic E-state index is 0.187. The van der Waals surface area contributed by atoms with E-state index in [0.29, 0.717) is 55.9 Å². The molecule has 34 heavy (non-hydrogen) atoms. The average Bonchev–Trinajstić information content (AvgIpc) is 3.23. The molecule has 4 rings (SSSR count). The third kappa shape index (κ3) is 4.75. The number of ether oxygens (including phenoxy) is 3. The summed E-state index contributed by atoms with van der Waals surface area (Å²) in [5.74, 6) is 2.82. The molecular weight excluding hydrogens is 458 g/mol. The number of aromatic nitrogens is 1. The molecule has 2 heterocycles. The number of nitrogens with zero attached hydrogens (tertiary/aromatic N) is 3. The lowest BCUT2D eigenvalue weighted by atomic mass is 10.2. The zero-order valence-electron chi connectivity index (χ0n) is 19.8. The number of oxazole rings is 1. The molecule has 0 saturated carbocycles. The van der Waals surface area contributed by atoms with Gasteiger partial charge in [0.2, 0.25) is 15.9 Å². The Balaban J connectivity index is 1.43. The van der Waals surface area contributed by atoms with Crippen molar-refractivity contribution in [2.75, 3.05) is 47.5 Å². The summed E-state index contributed by atoms with van der Waals surface area (Å²) < 4.78 is 49.6. The largest absolute Gasteiger partial charge is 0.496 e. The van der Waals surface area contributed by atoms with E-state index < -0.39 is 10.0 Å². The molecule has 0 atom stereocenters. The lowest BCUT2D eigenvalue weighted by Gasteiger charge is -2.33. The van der Waals surface area contributed by atoms with Gasteiger partial charge in [0.25, 0.3) is 0 Å². The molecule has 3 aromatic rings. The number of aryl methyl sites for hydroxylation is 1. The van der Waals surface area contributed by atoms with Crippen LogP contribution in [0.5, 0.6) is 17.2 Å². The Morgan fingerprint density at radius 3 is 2.26 bits per heavy atom. The van der Waals surface area contributed by atoms with Crippen molar-refractivity contribution in [3.05, 3.63) is 53.9 Å². The standard InChI is InChI=1S/C24H29N3O6S/c1-17-20(25-24(33-17)19-7-5-6-8-21(19)30-2)16-26-11-13-27(14-12-26)34(28,29)18-9-10-22(31-3)23(15-18)32-4/h5-10,15H,11-14,16H2,1-4H3. The molecule has 1 aliphatic heterocycles. The second kappa shape index (κ2) is 10.0. The number of hydrogen-bond donors (Lipinski definition) is 0. The van der Waals surface area contributed by atoms with Crippen LogP contribution in [-0.2, 0) is 16.6 Å². The number of piperazine rings is 1. The van der Waals surface area contributed by atoms with Gasteiger partial charge in [0, 0.05) is 38.8 Å². The van der Waals surface area contributed by atoms with Gasteiger partial charge < -0.3 is 18.6 Å². The lowest BCUT2D eigenvalue weighted by molar-refractivity contribution is 0.179. The predicted octanol–water partition coefficient (Wildman–Crippen LogP) is 3.18. The highest BCUT2D eigenvalue weighted by Crippen LogP contribution is 2.32. The summed E-state index contributed by atoms with van der Waals surface area (Å²) >= 11 is 0. The molecule has 0 unspecified atom stereocenters. The van der Waals surface area contributed by atoms with E-state index in [9.17, 15) is 8.42 Å². The first kappa shape index (κ1) is 24.1. The summed E-state index contributed by atoms with van der Waals surface area (Å²) in [6.07, 6.45) is 0. The monoisotopic (exact) mass is 487 g/mol. The van der Waals surface area contributed by atoms with Crippen LogP contribution in [0.2, 0.25) is 0 Å². The molecule has 10 heteroatoms. The van der Waals surface area contributed by atoms with Crippen LogP contribution in [0.4, 0.5) is 0 Å².